The smallest absolute Gasteiger partial charge is 0.0556 e. The molecule has 2 saturated carbocycles. The van der Waals surface area contributed by atoms with Crippen molar-refractivity contribution in [3.8, 4) is 0 Å². The first kappa shape index (κ1) is 12.4. The van der Waals surface area contributed by atoms with Gasteiger partial charge in [0.25, 0.3) is 0 Å². The van der Waals surface area contributed by atoms with Gasteiger partial charge in [-0.3, -0.25) is 0 Å². The molecule has 2 aliphatic carbocycles. The van der Waals surface area contributed by atoms with Gasteiger partial charge in [-0.25, -0.2) is 0 Å². The van der Waals surface area contributed by atoms with Gasteiger partial charge in [-0.1, -0.05) is 44.9 Å². The van der Waals surface area contributed by atoms with Crippen molar-refractivity contribution in [3.05, 3.63) is 0 Å². The number of hydrogen-bond donors (Lipinski definition) is 2. The van der Waals surface area contributed by atoms with E-state index in [0.717, 1.165) is 18.4 Å². The van der Waals surface area contributed by atoms with Crippen molar-refractivity contribution in [1.29, 1.82) is 0 Å². The van der Waals surface area contributed by atoms with Crippen LogP contribution in [0.25, 0.3) is 0 Å². The lowest BCUT2D eigenvalue weighted by Crippen LogP contribution is -2.43. The van der Waals surface area contributed by atoms with E-state index in [2.05, 4.69) is 5.32 Å². The monoisotopic (exact) mass is 225 g/mol. The summed E-state index contributed by atoms with van der Waals surface area (Å²) in [4.78, 5) is 0. The first-order valence-electron chi connectivity index (χ1n) is 7.26. The number of nitrogens with one attached hydrogen (secondary N) is 1. The summed E-state index contributed by atoms with van der Waals surface area (Å²) < 4.78 is 0. The lowest BCUT2D eigenvalue weighted by Gasteiger charge is -2.39. The molecule has 0 aromatic heterocycles. The Morgan fingerprint density at radius 2 is 1.56 bits per heavy atom. The maximum atomic E-state index is 8.93. The fraction of sp³-hybridized carbons (Fsp3) is 1.00. The van der Waals surface area contributed by atoms with Crippen molar-refractivity contribution in [3.63, 3.8) is 0 Å². The molecule has 0 amide bonds. The van der Waals surface area contributed by atoms with E-state index in [1.807, 2.05) is 0 Å². The summed E-state index contributed by atoms with van der Waals surface area (Å²) in [6.45, 7) is 1.07. The fourth-order valence-electron chi connectivity index (χ4n) is 3.79. The normalized spacial score (nSPS) is 32.8. The van der Waals surface area contributed by atoms with Crippen molar-refractivity contribution in [2.24, 2.45) is 11.8 Å². The maximum absolute atomic E-state index is 8.93. The quantitative estimate of drug-likeness (QED) is 0.771. The minimum absolute atomic E-state index is 0.286. The largest absolute Gasteiger partial charge is 0.395 e. The van der Waals surface area contributed by atoms with Crippen molar-refractivity contribution in [2.75, 3.05) is 13.2 Å². The van der Waals surface area contributed by atoms with E-state index in [9.17, 15) is 0 Å². The van der Waals surface area contributed by atoms with Gasteiger partial charge in [-0.15, -0.1) is 0 Å². The highest BCUT2D eigenvalue weighted by Crippen LogP contribution is 2.38. The zero-order valence-electron chi connectivity index (χ0n) is 10.5. The van der Waals surface area contributed by atoms with E-state index in [1.54, 1.807) is 0 Å². The third-order valence-corrected chi connectivity index (χ3v) is 4.59. The minimum Gasteiger partial charge on any atom is -0.395 e. The Balaban J connectivity index is 1.86. The van der Waals surface area contributed by atoms with Gasteiger partial charge < -0.3 is 10.4 Å². The third kappa shape index (κ3) is 3.21. The first-order valence-corrected chi connectivity index (χ1v) is 7.26. The molecule has 0 aromatic carbocycles. The van der Waals surface area contributed by atoms with Gasteiger partial charge in [0.1, 0.15) is 0 Å². The predicted octanol–water partition coefficient (Wildman–Crippen LogP) is 2.71. The Morgan fingerprint density at radius 1 is 0.875 bits per heavy atom. The Morgan fingerprint density at radius 3 is 2.31 bits per heavy atom. The van der Waals surface area contributed by atoms with Crippen LogP contribution >= 0.6 is 0 Å². The van der Waals surface area contributed by atoms with Gasteiger partial charge in [0.05, 0.1) is 6.61 Å². The van der Waals surface area contributed by atoms with Crippen LogP contribution in [0.3, 0.4) is 0 Å². The molecule has 2 fully saturated rings. The highest BCUT2D eigenvalue weighted by Gasteiger charge is 2.31. The van der Waals surface area contributed by atoms with Crippen LogP contribution in [0.2, 0.25) is 0 Å². The number of aliphatic hydroxyl groups is 1. The van der Waals surface area contributed by atoms with E-state index in [-0.39, 0.29) is 6.61 Å². The Kier molecular flexibility index (Phi) is 5.11. The molecule has 0 heterocycles. The zero-order valence-corrected chi connectivity index (χ0v) is 10.5. The molecule has 0 bridgehead atoms. The molecule has 2 aliphatic rings. The zero-order chi connectivity index (χ0) is 11.2. The van der Waals surface area contributed by atoms with Crippen LogP contribution in [0.5, 0.6) is 0 Å². The van der Waals surface area contributed by atoms with Gasteiger partial charge >= 0.3 is 0 Å². The molecule has 16 heavy (non-hydrogen) atoms. The number of aliphatic hydroxyl groups excluding tert-OH is 1. The van der Waals surface area contributed by atoms with Crippen LogP contribution in [-0.4, -0.2) is 24.3 Å². The van der Waals surface area contributed by atoms with Crippen LogP contribution in [0.4, 0.5) is 0 Å². The van der Waals surface area contributed by atoms with Crippen molar-refractivity contribution in [2.45, 2.75) is 63.8 Å². The molecule has 0 radical (unpaired) electrons. The standard InChI is InChI=1S/C14H27NO/c16-11-10-15-14-9-5-4-8-13(14)12-6-2-1-3-7-12/h12-16H,1-11H2. The maximum Gasteiger partial charge on any atom is 0.0556 e. The molecule has 94 valence electrons. The molecular weight excluding hydrogens is 198 g/mol. The van der Waals surface area contributed by atoms with Gasteiger partial charge in [-0.05, 0) is 24.7 Å². The molecule has 2 nitrogen and oxygen atoms in total. The number of rotatable bonds is 4. The van der Waals surface area contributed by atoms with Crippen LogP contribution in [0.1, 0.15) is 57.8 Å². The summed E-state index contributed by atoms with van der Waals surface area (Å²) >= 11 is 0. The lowest BCUT2D eigenvalue weighted by molar-refractivity contribution is 0.144. The average molecular weight is 225 g/mol. The van der Waals surface area contributed by atoms with Crippen LogP contribution < -0.4 is 5.32 Å². The van der Waals surface area contributed by atoms with E-state index < -0.39 is 0 Å². The molecule has 2 unspecified atom stereocenters. The van der Waals surface area contributed by atoms with Crippen LogP contribution in [-0.2, 0) is 0 Å². The van der Waals surface area contributed by atoms with E-state index in [1.165, 1.54) is 57.8 Å². The highest BCUT2D eigenvalue weighted by atomic mass is 16.3. The van der Waals surface area contributed by atoms with Gasteiger partial charge in [-0.2, -0.15) is 0 Å². The minimum atomic E-state index is 0.286. The second-order valence-corrected chi connectivity index (χ2v) is 5.63. The van der Waals surface area contributed by atoms with Crippen LogP contribution in [0.15, 0.2) is 0 Å². The highest BCUT2D eigenvalue weighted by molar-refractivity contribution is 4.86. The molecule has 0 aromatic rings. The van der Waals surface area contributed by atoms with Crippen molar-refractivity contribution in [1.82, 2.24) is 5.32 Å². The predicted molar refractivity (Wildman–Crippen MR) is 67.4 cm³/mol. The van der Waals surface area contributed by atoms with E-state index in [0.29, 0.717) is 6.04 Å². The lowest BCUT2D eigenvalue weighted by atomic mass is 9.71. The molecule has 2 rings (SSSR count). The summed E-state index contributed by atoms with van der Waals surface area (Å²) in [5, 5.41) is 12.5. The third-order valence-electron chi connectivity index (χ3n) is 4.59. The Hall–Kier alpha value is -0.0800. The molecule has 0 aliphatic heterocycles. The van der Waals surface area contributed by atoms with Crippen molar-refractivity contribution >= 4 is 0 Å². The summed E-state index contributed by atoms with van der Waals surface area (Å²) in [6.07, 6.45) is 12.9. The Labute approximate surface area is 99.8 Å². The van der Waals surface area contributed by atoms with E-state index in [4.69, 9.17) is 5.11 Å². The summed E-state index contributed by atoms with van der Waals surface area (Å²) in [7, 11) is 0. The van der Waals surface area contributed by atoms with Gasteiger partial charge in [0, 0.05) is 12.6 Å². The SMILES string of the molecule is OCCNC1CCCCC1C1CCCCC1. The van der Waals surface area contributed by atoms with Gasteiger partial charge in [0.15, 0.2) is 0 Å². The summed E-state index contributed by atoms with van der Waals surface area (Å²) in [5.74, 6) is 1.88. The average Bonchev–Trinajstić information content (AvgIpc) is 2.38. The molecule has 2 N–H and O–H groups in total. The Bertz CT molecular complexity index is 189. The molecule has 2 atom stereocenters. The molecule has 0 spiro atoms. The summed E-state index contributed by atoms with van der Waals surface area (Å²) in [5.41, 5.74) is 0. The topological polar surface area (TPSA) is 32.3 Å². The fourth-order valence-corrected chi connectivity index (χ4v) is 3.79. The summed E-state index contributed by atoms with van der Waals surface area (Å²) in [6, 6.07) is 0.698. The first-order chi connectivity index (χ1) is 7.92. The molecule has 0 saturated heterocycles. The van der Waals surface area contributed by atoms with Gasteiger partial charge in [0.2, 0.25) is 0 Å². The molecule has 2 heteroatoms. The van der Waals surface area contributed by atoms with Crippen molar-refractivity contribution < 1.29 is 5.11 Å². The number of hydrogen-bond acceptors (Lipinski definition) is 2. The second-order valence-electron chi connectivity index (χ2n) is 5.63. The molecular formula is C14H27NO. The van der Waals surface area contributed by atoms with E-state index >= 15 is 0 Å². The second kappa shape index (κ2) is 6.61. The van der Waals surface area contributed by atoms with Crippen LogP contribution in [0, 0.1) is 11.8 Å².